The monoisotopic (exact) mass is 597 g/mol. The van der Waals surface area contributed by atoms with Gasteiger partial charge in [-0.15, -0.1) is 12.6 Å². The van der Waals surface area contributed by atoms with Gasteiger partial charge in [-0.3, -0.25) is 25.0 Å². The smallest absolute Gasteiger partial charge is 0.337 e. The van der Waals surface area contributed by atoms with E-state index in [4.69, 9.17) is 5.11 Å². The lowest BCUT2D eigenvalue weighted by molar-refractivity contribution is -0.385. The second-order valence-electron chi connectivity index (χ2n) is 6.07. The summed E-state index contributed by atoms with van der Waals surface area (Å²) in [5, 5.41) is 32.5. The number of rotatable bonds is 5. The maximum absolute atomic E-state index is 12.2. The summed E-state index contributed by atoms with van der Waals surface area (Å²) in [5.41, 5.74) is 0.209. The largest absolute Gasteiger partial charge is 0.478 e. The fourth-order valence-electron chi connectivity index (χ4n) is 2.43. The summed E-state index contributed by atoms with van der Waals surface area (Å²) in [6.07, 6.45) is 0. The van der Waals surface area contributed by atoms with Gasteiger partial charge in [0.2, 0.25) is 0 Å². The van der Waals surface area contributed by atoms with E-state index in [1.54, 1.807) is 24.3 Å². The molecule has 0 saturated carbocycles. The lowest BCUT2D eigenvalue weighted by Crippen LogP contribution is -2.13. The molecule has 0 bridgehead atoms. The number of thiol groups is 1. The number of carboxylic acids is 1. The van der Waals surface area contributed by atoms with Crippen LogP contribution in [-0.2, 0) is 0 Å². The van der Waals surface area contributed by atoms with Gasteiger partial charge < -0.3 is 10.4 Å². The number of nitrogens with zero attached hydrogens (tertiary/aromatic N) is 2. The quantitative estimate of drug-likeness (QED) is 0.186. The Hall–Kier alpha value is -3.29. The van der Waals surface area contributed by atoms with Gasteiger partial charge in [0.15, 0.2) is 0 Å². The zero-order valence-electron chi connectivity index (χ0n) is 16.3. The molecule has 13 heteroatoms. The number of carbonyl (C=O) groups is 2. The summed E-state index contributed by atoms with van der Waals surface area (Å²) in [5.74, 6) is -1.64. The molecule has 0 unspecified atom stereocenters. The molecular weight excluding hydrogens is 586 g/mol. The Bertz CT molecular complexity index is 1220. The highest BCUT2D eigenvalue weighted by Crippen LogP contribution is 2.30. The van der Waals surface area contributed by atoms with Crippen LogP contribution in [0.1, 0.15) is 20.7 Å². The third-order valence-corrected chi connectivity index (χ3v) is 6.03. The molecule has 0 spiro atoms. The van der Waals surface area contributed by atoms with Crippen molar-refractivity contribution in [3.8, 4) is 0 Å². The van der Waals surface area contributed by atoms with Crippen LogP contribution in [0.3, 0.4) is 0 Å². The number of hydrogen-bond acceptors (Lipinski definition) is 7. The number of anilines is 1. The highest BCUT2D eigenvalue weighted by molar-refractivity contribution is 9.11. The normalized spacial score (nSPS) is 9.91. The number of nitro benzene ring substituents is 2. The number of benzene rings is 3. The first-order chi connectivity index (χ1) is 15.5. The van der Waals surface area contributed by atoms with E-state index in [1.807, 2.05) is 0 Å². The zero-order valence-corrected chi connectivity index (χ0v) is 20.3. The number of aromatic carboxylic acids is 1. The maximum atomic E-state index is 12.2. The molecule has 3 rings (SSSR count). The van der Waals surface area contributed by atoms with E-state index in [9.17, 15) is 29.8 Å². The predicted octanol–water partition coefficient (Wildman–Crippen LogP) is 5.95. The van der Waals surface area contributed by atoms with Crippen LogP contribution in [0.25, 0.3) is 0 Å². The van der Waals surface area contributed by atoms with Crippen LogP contribution in [-0.4, -0.2) is 26.8 Å². The van der Waals surface area contributed by atoms with Gasteiger partial charge in [-0.2, -0.15) is 0 Å². The number of nitrogens with one attached hydrogen (secondary N) is 1. The first-order valence-corrected chi connectivity index (χ1v) is 10.8. The third kappa shape index (κ3) is 6.60. The van der Waals surface area contributed by atoms with Crippen molar-refractivity contribution in [3.05, 3.63) is 101 Å². The Balaban J connectivity index is 0.000000257. The summed E-state index contributed by atoms with van der Waals surface area (Å²) in [6, 6.07) is 15.1. The Morgan fingerprint density at radius 1 is 0.818 bits per heavy atom. The molecule has 10 nitrogen and oxygen atoms in total. The molecular formula is C20H13Br2N3O7S. The van der Waals surface area contributed by atoms with Crippen molar-refractivity contribution in [1.82, 2.24) is 0 Å². The molecule has 0 radical (unpaired) electrons. The van der Waals surface area contributed by atoms with Gasteiger partial charge in [-0.05, 0) is 56.1 Å². The van der Waals surface area contributed by atoms with Crippen molar-refractivity contribution in [2.75, 3.05) is 5.32 Å². The molecule has 0 saturated heterocycles. The van der Waals surface area contributed by atoms with E-state index >= 15 is 0 Å². The minimum Gasteiger partial charge on any atom is -0.478 e. The summed E-state index contributed by atoms with van der Waals surface area (Å²) in [6.45, 7) is 0. The number of para-hydroxylation sites is 1. The van der Waals surface area contributed by atoms with Crippen molar-refractivity contribution in [1.29, 1.82) is 0 Å². The standard InChI is InChI=1S/C13H9BrN2O3S.C7H4BrNO4/c14-12-8(4-3-6-10(12)16(18)19)13(17)15-9-5-1-2-7-11(9)20;8-6-4(7(10)11)2-1-3-5(6)9(12)13/h1-7,20H,(H,15,17);1-3H,(H,10,11). The molecule has 0 aliphatic heterocycles. The summed E-state index contributed by atoms with van der Waals surface area (Å²) in [7, 11) is 0. The van der Waals surface area contributed by atoms with Crippen LogP contribution in [0.5, 0.6) is 0 Å². The fraction of sp³-hybridized carbons (Fsp3) is 0. The lowest BCUT2D eigenvalue weighted by Gasteiger charge is -2.08. The predicted molar refractivity (Wildman–Crippen MR) is 130 cm³/mol. The van der Waals surface area contributed by atoms with E-state index in [2.05, 4.69) is 49.8 Å². The van der Waals surface area contributed by atoms with Crippen LogP contribution in [0, 0.1) is 20.2 Å². The van der Waals surface area contributed by atoms with Crippen LogP contribution in [0.15, 0.2) is 74.5 Å². The molecule has 0 atom stereocenters. The van der Waals surface area contributed by atoms with Crippen LogP contribution in [0.2, 0.25) is 0 Å². The number of halogens is 2. The topological polar surface area (TPSA) is 153 Å². The van der Waals surface area contributed by atoms with E-state index < -0.39 is 21.7 Å². The molecule has 2 N–H and O–H groups in total. The number of hydrogen-bond donors (Lipinski definition) is 3. The van der Waals surface area contributed by atoms with Crippen molar-refractivity contribution in [2.24, 2.45) is 0 Å². The highest BCUT2D eigenvalue weighted by atomic mass is 79.9. The number of carbonyl (C=O) groups excluding carboxylic acids is 1. The van der Waals surface area contributed by atoms with E-state index in [1.165, 1.54) is 36.4 Å². The van der Waals surface area contributed by atoms with Crippen LogP contribution in [0.4, 0.5) is 17.1 Å². The zero-order chi connectivity index (χ0) is 24.7. The molecule has 1 amide bonds. The van der Waals surface area contributed by atoms with Gasteiger partial charge in [0.1, 0.15) is 8.95 Å². The van der Waals surface area contributed by atoms with E-state index in [-0.39, 0.29) is 31.4 Å². The SMILES string of the molecule is O=C(Nc1ccccc1S)c1cccc([N+](=O)[O-])c1Br.O=C(O)c1cccc([N+](=O)[O-])c1Br. The maximum Gasteiger partial charge on any atom is 0.337 e. The molecule has 0 aliphatic carbocycles. The second kappa shape index (κ2) is 11.5. The van der Waals surface area contributed by atoms with Crippen molar-refractivity contribution in [3.63, 3.8) is 0 Å². The Labute approximate surface area is 208 Å². The van der Waals surface area contributed by atoms with E-state index in [0.717, 1.165) is 0 Å². The Kier molecular flexibility index (Phi) is 9.08. The van der Waals surface area contributed by atoms with Gasteiger partial charge in [0, 0.05) is 17.0 Å². The van der Waals surface area contributed by atoms with Crippen LogP contribution >= 0.6 is 44.5 Å². The molecule has 0 fully saturated rings. The lowest BCUT2D eigenvalue weighted by atomic mass is 10.2. The molecule has 0 aliphatic rings. The van der Waals surface area contributed by atoms with Gasteiger partial charge in [-0.1, -0.05) is 24.3 Å². The number of amides is 1. The molecule has 170 valence electrons. The third-order valence-electron chi connectivity index (χ3n) is 3.98. The minimum atomic E-state index is -1.20. The Morgan fingerprint density at radius 3 is 1.79 bits per heavy atom. The van der Waals surface area contributed by atoms with Crippen molar-refractivity contribution in [2.45, 2.75) is 4.90 Å². The summed E-state index contributed by atoms with van der Waals surface area (Å²) >= 11 is 10.2. The van der Waals surface area contributed by atoms with Gasteiger partial charge in [0.05, 0.1) is 26.7 Å². The van der Waals surface area contributed by atoms with Gasteiger partial charge >= 0.3 is 5.97 Å². The Morgan fingerprint density at radius 2 is 1.30 bits per heavy atom. The average molecular weight is 599 g/mol. The minimum absolute atomic E-state index is 0.00694. The average Bonchev–Trinajstić information content (AvgIpc) is 2.75. The first-order valence-electron chi connectivity index (χ1n) is 8.73. The van der Waals surface area contributed by atoms with Crippen LogP contribution < -0.4 is 5.32 Å². The fourth-order valence-corrected chi connectivity index (χ4v) is 3.82. The van der Waals surface area contributed by atoms with Crippen molar-refractivity contribution < 1.29 is 24.5 Å². The summed E-state index contributed by atoms with van der Waals surface area (Å²) in [4.78, 5) is 43.4. The number of nitro groups is 2. The van der Waals surface area contributed by atoms with E-state index in [0.29, 0.717) is 10.6 Å². The molecule has 33 heavy (non-hydrogen) atoms. The molecule has 0 aromatic heterocycles. The van der Waals surface area contributed by atoms with Gasteiger partial charge in [-0.25, -0.2) is 4.79 Å². The van der Waals surface area contributed by atoms with Crippen molar-refractivity contribution >= 4 is 73.4 Å². The second-order valence-corrected chi connectivity index (χ2v) is 8.14. The number of carboxylic acid groups (broad SMARTS) is 1. The highest BCUT2D eigenvalue weighted by Gasteiger charge is 2.20. The molecule has 3 aromatic carbocycles. The first kappa shape index (κ1) is 26.0. The molecule has 0 heterocycles. The molecule has 3 aromatic rings. The van der Waals surface area contributed by atoms with Gasteiger partial charge in [0.25, 0.3) is 17.3 Å². The summed E-state index contributed by atoms with van der Waals surface area (Å²) < 4.78 is 0.145.